The summed E-state index contributed by atoms with van der Waals surface area (Å²) in [6.07, 6.45) is 5.49. The lowest BCUT2D eigenvalue weighted by atomic mass is 10.0. The highest BCUT2D eigenvalue weighted by Crippen LogP contribution is 2.42. The van der Waals surface area contributed by atoms with Crippen molar-refractivity contribution >= 4 is 57.8 Å². The number of carbonyl (C=O) groups is 1. The first kappa shape index (κ1) is 29.9. The maximum absolute atomic E-state index is 12.4. The lowest BCUT2D eigenvalue weighted by Gasteiger charge is -2.37. The van der Waals surface area contributed by atoms with E-state index in [9.17, 15) is 4.79 Å². The number of aromatic nitrogens is 2. The molecule has 1 aromatic heterocycles. The summed E-state index contributed by atoms with van der Waals surface area (Å²) in [5, 5.41) is 9.03. The molecule has 1 atom stereocenters. The van der Waals surface area contributed by atoms with Gasteiger partial charge in [-0.15, -0.1) is 0 Å². The molecule has 0 saturated carbocycles. The second kappa shape index (κ2) is 13.2. The zero-order chi connectivity index (χ0) is 29.8. The number of hydroxylamine groups is 1. The lowest BCUT2D eigenvalue weighted by molar-refractivity contribution is -0.111. The Hall–Kier alpha value is -3.57. The highest BCUT2D eigenvalue weighted by molar-refractivity contribution is 6.42. The molecule has 0 radical (unpaired) electrons. The quantitative estimate of drug-likeness (QED) is 0.279. The van der Waals surface area contributed by atoms with Gasteiger partial charge in [0.1, 0.15) is 17.9 Å². The smallest absolute Gasteiger partial charge is 0.247 e. The van der Waals surface area contributed by atoms with E-state index >= 15 is 0 Å². The van der Waals surface area contributed by atoms with Gasteiger partial charge in [-0.2, -0.15) is 0 Å². The Morgan fingerprint density at radius 1 is 1.14 bits per heavy atom. The van der Waals surface area contributed by atoms with E-state index < -0.39 is 0 Å². The van der Waals surface area contributed by atoms with Gasteiger partial charge in [0.25, 0.3) is 0 Å². The molecule has 1 amide bonds. The van der Waals surface area contributed by atoms with Crippen molar-refractivity contribution in [2.75, 3.05) is 61.5 Å². The summed E-state index contributed by atoms with van der Waals surface area (Å²) in [6.45, 7) is 5.84. The van der Waals surface area contributed by atoms with Crippen molar-refractivity contribution in [1.29, 1.82) is 0 Å². The molecule has 2 aromatic carbocycles. The Labute approximate surface area is 256 Å². The lowest BCUT2D eigenvalue weighted by Crippen LogP contribution is -2.42. The SMILES string of the molecule is C=CC(=O)Nc1cc(Nc2cc(N3OCC[C@@H]3c3cccc(Cl)c3Cl)ncn2)c(OC)cc1N1CCC(N(C)C)CC1. The van der Waals surface area contributed by atoms with Gasteiger partial charge in [0, 0.05) is 37.7 Å². The van der Waals surface area contributed by atoms with Gasteiger partial charge in [0.2, 0.25) is 5.91 Å². The van der Waals surface area contributed by atoms with Gasteiger partial charge in [0.05, 0.1) is 46.9 Å². The van der Waals surface area contributed by atoms with E-state index in [2.05, 4.69) is 51.1 Å². The number of carbonyl (C=O) groups excluding carboxylic acids is 1. The number of hydrogen-bond acceptors (Lipinski definition) is 9. The second-order valence-electron chi connectivity index (χ2n) is 10.4. The van der Waals surface area contributed by atoms with Crippen LogP contribution in [0.1, 0.15) is 30.9 Å². The second-order valence-corrected chi connectivity index (χ2v) is 11.2. The molecule has 2 aliphatic heterocycles. The van der Waals surface area contributed by atoms with Crippen LogP contribution in [0.5, 0.6) is 5.75 Å². The largest absolute Gasteiger partial charge is 0.494 e. The number of nitrogens with one attached hydrogen (secondary N) is 2. The van der Waals surface area contributed by atoms with E-state index in [-0.39, 0.29) is 11.9 Å². The van der Waals surface area contributed by atoms with Crippen LogP contribution in [0.4, 0.5) is 28.7 Å². The minimum Gasteiger partial charge on any atom is -0.494 e. The molecule has 222 valence electrons. The molecule has 0 unspecified atom stereocenters. The molecule has 5 rings (SSSR count). The molecule has 0 aliphatic carbocycles. The summed E-state index contributed by atoms with van der Waals surface area (Å²) in [6, 6.07) is 11.5. The van der Waals surface area contributed by atoms with Crippen molar-refractivity contribution in [3.63, 3.8) is 0 Å². The number of methoxy groups -OCH3 is 1. The average Bonchev–Trinajstić information content (AvgIpc) is 3.49. The van der Waals surface area contributed by atoms with E-state index in [4.69, 9.17) is 32.8 Å². The Morgan fingerprint density at radius 2 is 1.93 bits per heavy atom. The number of halogens is 2. The number of amides is 1. The number of benzene rings is 2. The van der Waals surface area contributed by atoms with Crippen molar-refractivity contribution < 1.29 is 14.4 Å². The van der Waals surface area contributed by atoms with Crippen molar-refractivity contribution in [3.8, 4) is 5.75 Å². The summed E-state index contributed by atoms with van der Waals surface area (Å²) in [7, 11) is 5.84. The molecule has 0 bridgehead atoms. The van der Waals surface area contributed by atoms with Crippen LogP contribution in [0.2, 0.25) is 10.0 Å². The predicted octanol–water partition coefficient (Wildman–Crippen LogP) is 6.07. The molecule has 2 N–H and O–H groups in total. The summed E-state index contributed by atoms with van der Waals surface area (Å²) >= 11 is 12.8. The summed E-state index contributed by atoms with van der Waals surface area (Å²) in [4.78, 5) is 31.8. The first-order valence-electron chi connectivity index (χ1n) is 13.8. The highest BCUT2D eigenvalue weighted by Gasteiger charge is 2.31. The van der Waals surface area contributed by atoms with Crippen molar-refractivity contribution in [3.05, 3.63) is 71.0 Å². The molecule has 12 heteroatoms. The van der Waals surface area contributed by atoms with Gasteiger partial charge in [0.15, 0.2) is 5.82 Å². The third-order valence-corrected chi connectivity index (χ3v) is 8.52. The molecular formula is C30H35Cl2N7O3. The van der Waals surface area contributed by atoms with Crippen LogP contribution >= 0.6 is 23.2 Å². The molecule has 2 fully saturated rings. The van der Waals surface area contributed by atoms with Crippen molar-refractivity contribution in [1.82, 2.24) is 14.9 Å². The molecule has 0 spiro atoms. The van der Waals surface area contributed by atoms with Gasteiger partial charge in [-0.1, -0.05) is 41.9 Å². The standard InChI is InChI=1S/C30H35Cl2N7O3/c1-5-29(40)36-22-15-23(26(41-4)16-25(22)38-12-9-19(10-13-38)37(2)3)35-27-17-28(34-18-33-27)39-24(11-14-42-39)20-7-6-8-21(31)30(20)32/h5-8,15-19,24H,1,9-14H2,2-4H3,(H,36,40)(H,33,34,35)/t24-/m1/s1. The minimum atomic E-state index is -0.295. The van der Waals surface area contributed by atoms with E-state index in [1.165, 1.54) is 12.4 Å². The minimum absolute atomic E-state index is 0.162. The van der Waals surface area contributed by atoms with Gasteiger partial charge in [-0.05, 0) is 50.7 Å². The number of hydrogen-bond donors (Lipinski definition) is 2. The summed E-state index contributed by atoms with van der Waals surface area (Å²) in [5.41, 5.74) is 3.04. The first-order chi connectivity index (χ1) is 20.3. The van der Waals surface area contributed by atoms with E-state index in [1.807, 2.05) is 24.3 Å². The molecule has 2 aliphatic rings. The molecule has 2 saturated heterocycles. The van der Waals surface area contributed by atoms with E-state index in [1.54, 1.807) is 24.3 Å². The Bertz CT molecular complexity index is 1450. The van der Waals surface area contributed by atoms with Gasteiger partial charge in [-0.3, -0.25) is 9.63 Å². The van der Waals surface area contributed by atoms with Crippen LogP contribution in [0.25, 0.3) is 0 Å². The third-order valence-electron chi connectivity index (χ3n) is 7.68. The zero-order valence-electron chi connectivity index (χ0n) is 23.9. The third kappa shape index (κ3) is 6.42. The molecule has 42 heavy (non-hydrogen) atoms. The Kier molecular flexibility index (Phi) is 9.37. The van der Waals surface area contributed by atoms with Crippen molar-refractivity contribution in [2.24, 2.45) is 0 Å². The van der Waals surface area contributed by atoms with E-state index in [0.29, 0.717) is 51.5 Å². The monoisotopic (exact) mass is 611 g/mol. The average molecular weight is 613 g/mol. The number of anilines is 5. The fraction of sp³-hybridized carbons (Fsp3) is 0.367. The summed E-state index contributed by atoms with van der Waals surface area (Å²) in [5.74, 6) is 1.39. The predicted molar refractivity (Wildman–Crippen MR) is 168 cm³/mol. The van der Waals surface area contributed by atoms with Crippen LogP contribution in [0.15, 0.2) is 55.4 Å². The van der Waals surface area contributed by atoms with Gasteiger partial charge < -0.3 is 25.2 Å². The van der Waals surface area contributed by atoms with Gasteiger partial charge >= 0.3 is 0 Å². The Balaban J connectivity index is 1.43. The summed E-state index contributed by atoms with van der Waals surface area (Å²) < 4.78 is 5.79. The van der Waals surface area contributed by atoms with E-state index in [0.717, 1.165) is 43.6 Å². The van der Waals surface area contributed by atoms with Crippen LogP contribution in [0.3, 0.4) is 0 Å². The highest BCUT2D eigenvalue weighted by atomic mass is 35.5. The fourth-order valence-electron chi connectivity index (χ4n) is 5.43. The van der Waals surface area contributed by atoms with Crippen molar-refractivity contribution in [2.45, 2.75) is 31.3 Å². The van der Waals surface area contributed by atoms with Crippen LogP contribution in [-0.4, -0.2) is 67.7 Å². The van der Waals surface area contributed by atoms with Crippen LogP contribution in [0, 0.1) is 0 Å². The molecule has 3 aromatic rings. The fourth-order valence-corrected chi connectivity index (χ4v) is 5.87. The molecular weight excluding hydrogens is 577 g/mol. The topological polar surface area (TPSA) is 95.1 Å². The zero-order valence-corrected chi connectivity index (χ0v) is 25.5. The number of ether oxygens (including phenoxy) is 1. The number of nitrogens with zero attached hydrogens (tertiary/aromatic N) is 5. The molecule has 10 nitrogen and oxygen atoms in total. The van der Waals surface area contributed by atoms with Gasteiger partial charge in [-0.25, -0.2) is 15.0 Å². The Morgan fingerprint density at radius 3 is 2.64 bits per heavy atom. The first-order valence-corrected chi connectivity index (χ1v) is 14.6. The maximum atomic E-state index is 12.4. The number of rotatable bonds is 9. The number of piperidine rings is 1. The molecule has 3 heterocycles. The van der Waals surface area contributed by atoms with Crippen LogP contribution < -0.4 is 25.3 Å². The van der Waals surface area contributed by atoms with Crippen LogP contribution in [-0.2, 0) is 9.63 Å². The maximum Gasteiger partial charge on any atom is 0.247 e. The normalized spacial score (nSPS) is 17.4.